The fraction of sp³-hybridized carbons (Fsp3) is 0.125. The van der Waals surface area contributed by atoms with E-state index in [1.165, 1.54) is 0 Å². The summed E-state index contributed by atoms with van der Waals surface area (Å²) in [4.78, 5) is 23.1. The van der Waals surface area contributed by atoms with Crippen LogP contribution in [0, 0.1) is 5.82 Å². The molecule has 7 nitrogen and oxygen atoms in total. The Bertz CT molecular complexity index is 932. The molecule has 0 aliphatic heterocycles. The quantitative estimate of drug-likeness (QED) is 0.714. The first-order valence-corrected chi connectivity index (χ1v) is 9.10. The molecule has 2 rings (SSSR count). The van der Waals surface area contributed by atoms with Crippen LogP contribution < -0.4 is 10.5 Å². The maximum Gasteiger partial charge on any atom is 0.341 e. The van der Waals surface area contributed by atoms with Crippen molar-refractivity contribution in [3.8, 4) is 0 Å². The standard InChI is InChI=1S/C16H14ClFN2O5S/c17-11-3-1-10(2-4-11)8-20-15(21)9-25-16(22)13-7-12(26(19,23)24)5-6-14(13)18/h1-7H,8-9H2,(H,20,21)(H2,19,23,24). The van der Waals surface area contributed by atoms with E-state index in [2.05, 4.69) is 5.32 Å². The van der Waals surface area contributed by atoms with Gasteiger partial charge in [0.1, 0.15) is 5.82 Å². The number of esters is 1. The fourth-order valence-corrected chi connectivity index (χ4v) is 2.57. The Hall–Kier alpha value is -2.49. The maximum atomic E-state index is 13.7. The number of hydrogen-bond donors (Lipinski definition) is 2. The molecule has 26 heavy (non-hydrogen) atoms. The summed E-state index contributed by atoms with van der Waals surface area (Å²) in [7, 11) is -4.11. The molecule has 10 heteroatoms. The number of amides is 1. The van der Waals surface area contributed by atoms with Crippen molar-refractivity contribution in [3.63, 3.8) is 0 Å². The average molecular weight is 401 g/mol. The van der Waals surface area contributed by atoms with Crippen molar-refractivity contribution in [2.75, 3.05) is 6.61 Å². The van der Waals surface area contributed by atoms with Crippen LogP contribution in [0.25, 0.3) is 0 Å². The van der Waals surface area contributed by atoms with Gasteiger partial charge in [-0.25, -0.2) is 22.7 Å². The third-order valence-corrected chi connectivity index (χ3v) is 4.39. The van der Waals surface area contributed by atoms with E-state index < -0.39 is 44.8 Å². The lowest BCUT2D eigenvalue weighted by Crippen LogP contribution is -2.28. The minimum Gasteiger partial charge on any atom is -0.452 e. The summed E-state index contributed by atoms with van der Waals surface area (Å²) in [6.07, 6.45) is 0. The molecule has 0 aliphatic rings. The van der Waals surface area contributed by atoms with Gasteiger partial charge in [0.15, 0.2) is 6.61 Å². The minimum atomic E-state index is -4.11. The van der Waals surface area contributed by atoms with Crippen molar-refractivity contribution in [1.82, 2.24) is 5.32 Å². The van der Waals surface area contributed by atoms with Crippen LogP contribution in [0.15, 0.2) is 47.4 Å². The SMILES string of the molecule is NS(=O)(=O)c1ccc(F)c(C(=O)OCC(=O)NCc2ccc(Cl)cc2)c1. The number of nitrogens with two attached hydrogens (primary N) is 1. The fourth-order valence-electron chi connectivity index (χ4n) is 1.90. The summed E-state index contributed by atoms with van der Waals surface area (Å²) in [5.41, 5.74) is 0.142. The van der Waals surface area contributed by atoms with E-state index in [0.717, 1.165) is 23.8 Å². The normalized spacial score (nSPS) is 11.0. The van der Waals surface area contributed by atoms with Gasteiger partial charge in [0, 0.05) is 11.6 Å². The molecule has 0 heterocycles. The van der Waals surface area contributed by atoms with Crippen LogP contribution in [0.1, 0.15) is 15.9 Å². The van der Waals surface area contributed by atoms with Gasteiger partial charge in [-0.2, -0.15) is 0 Å². The van der Waals surface area contributed by atoms with Gasteiger partial charge in [-0.05, 0) is 35.9 Å². The molecule has 0 aromatic heterocycles. The second-order valence-corrected chi connectivity index (χ2v) is 7.16. The molecule has 0 atom stereocenters. The number of ether oxygens (including phenoxy) is 1. The smallest absolute Gasteiger partial charge is 0.341 e. The zero-order chi connectivity index (χ0) is 19.3. The number of hydrogen-bond acceptors (Lipinski definition) is 5. The first kappa shape index (κ1) is 19.8. The highest BCUT2D eigenvalue weighted by molar-refractivity contribution is 7.89. The van der Waals surface area contributed by atoms with Crippen LogP contribution >= 0.6 is 11.6 Å². The molecule has 0 unspecified atom stereocenters. The van der Waals surface area contributed by atoms with Crippen LogP contribution in [0.3, 0.4) is 0 Å². The third-order valence-electron chi connectivity index (χ3n) is 3.22. The van der Waals surface area contributed by atoms with Crippen LogP contribution in [0.5, 0.6) is 0 Å². The molecule has 0 aliphatic carbocycles. The summed E-state index contributed by atoms with van der Waals surface area (Å²) >= 11 is 5.75. The predicted octanol–water partition coefficient (Wildman–Crippen LogP) is 1.60. The number of primary sulfonamides is 1. The molecule has 3 N–H and O–H groups in total. The predicted molar refractivity (Wildman–Crippen MR) is 91.4 cm³/mol. The second-order valence-electron chi connectivity index (χ2n) is 5.17. The van der Waals surface area contributed by atoms with E-state index in [0.29, 0.717) is 5.02 Å². The van der Waals surface area contributed by atoms with Gasteiger partial charge in [0.2, 0.25) is 10.0 Å². The van der Waals surface area contributed by atoms with Gasteiger partial charge in [0.05, 0.1) is 10.5 Å². The van der Waals surface area contributed by atoms with Gasteiger partial charge in [-0.15, -0.1) is 0 Å². The molecule has 0 radical (unpaired) electrons. The highest BCUT2D eigenvalue weighted by Gasteiger charge is 2.18. The molecule has 0 bridgehead atoms. The zero-order valence-electron chi connectivity index (χ0n) is 13.2. The molecule has 0 saturated heterocycles. The number of halogens is 2. The Morgan fingerprint density at radius 1 is 1.15 bits per heavy atom. The largest absolute Gasteiger partial charge is 0.452 e. The number of benzene rings is 2. The number of rotatable bonds is 6. The lowest BCUT2D eigenvalue weighted by Gasteiger charge is -2.08. The van der Waals surface area contributed by atoms with E-state index in [1.54, 1.807) is 24.3 Å². The number of carbonyl (C=O) groups excluding carboxylic acids is 2. The van der Waals surface area contributed by atoms with Crippen LogP contribution in [-0.4, -0.2) is 26.9 Å². The summed E-state index contributed by atoms with van der Waals surface area (Å²) in [5.74, 6) is -2.80. The molecule has 0 saturated carbocycles. The molecule has 1 amide bonds. The van der Waals surface area contributed by atoms with Crippen molar-refractivity contribution >= 4 is 33.5 Å². The molecular weight excluding hydrogens is 387 g/mol. The van der Waals surface area contributed by atoms with Crippen molar-refractivity contribution in [3.05, 3.63) is 64.4 Å². The first-order chi connectivity index (χ1) is 12.2. The van der Waals surface area contributed by atoms with Crippen molar-refractivity contribution in [2.45, 2.75) is 11.4 Å². The molecular formula is C16H14ClFN2O5S. The van der Waals surface area contributed by atoms with Gasteiger partial charge in [0.25, 0.3) is 5.91 Å². The third kappa shape index (κ3) is 5.51. The first-order valence-electron chi connectivity index (χ1n) is 7.17. The van der Waals surface area contributed by atoms with E-state index in [-0.39, 0.29) is 6.54 Å². The number of carbonyl (C=O) groups is 2. The summed E-state index contributed by atoms with van der Waals surface area (Å²) in [5, 5.41) is 7.99. The Morgan fingerprint density at radius 3 is 2.42 bits per heavy atom. The monoisotopic (exact) mass is 400 g/mol. The molecule has 2 aromatic carbocycles. The highest BCUT2D eigenvalue weighted by Crippen LogP contribution is 2.15. The van der Waals surface area contributed by atoms with Crippen LogP contribution in [0.2, 0.25) is 5.02 Å². The van der Waals surface area contributed by atoms with Gasteiger partial charge < -0.3 is 10.1 Å². The van der Waals surface area contributed by atoms with E-state index in [1.807, 2.05) is 0 Å². The average Bonchev–Trinajstić information content (AvgIpc) is 2.58. The Morgan fingerprint density at radius 2 is 1.81 bits per heavy atom. The molecule has 0 spiro atoms. The summed E-state index contributed by atoms with van der Waals surface area (Å²) in [6.45, 7) is -0.478. The lowest BCUT2D eigenvalue weighted by atomic mass is 10.2. The maximum absolute atomic E-state index is 13.7. The van der Waals surface area contributed by atoms with Crippen molar-refractivity contribution in [1.29, 1.82) is 0 Å². The lowest BCUT2D eigenvalue weighted by molar-refractivity contribution is -0.124. The van der Waals surface area contributed by atoms with Gasteiger partial charge in [-0.1, -0.05) is 23.7 Å². The van der Waals surface area contributed by atoms with E-state index >= 15 is 0 Å². The topological polar surface area (TPSA) is 116 Å². The summed E-state index contributed by atoms with van der Waals surface area (Å²) < 4.78 is 40.9. The highest BCUT2D eigenvalue weighted by atomic mass is 35.5. The van der Waals surface area contributed by atoms with Crippen LogP contribution in [-0.2, 0) is 26.1 Å². The number of sulfonamides is 1. The van der Waals surface area contributed by atoms with E-state index in [9.17, 15) is 22.4 Å². The van der Waals surface area contributed by atoms with E-state index in [4.69, 9.17) is 21.5 Å². The Balaban J connectivity index is 1.93. The second kappa shape index (κ2) is 8.26. The zero-order valence-corrected chi connectivity index (χ0v) is 14.8. The number of nitrogens with one attached hydrogen (secondary N) is 1. The van der Waals surface area contributed by atoms with Gasteiger partial charge >= 0.3 is 5.97 Å². The molecule has 0 fully saturated rings. The molecule has 2 aromatic rings. The molecule has 138 valence electrons. The Kier molecular flexibility index (Phi) is 6.30. The minimum absolute atomic E-state index is 0.183. The summed E-state index contributed by atoms with van der Waals surface area (Å²) in [6, 6.07) is 9.18. The van der Waals surface area contributed by atoms with Crippen molar-refractivity contribution < 1.29 is 27.1 Å². The Labute approximate surface area is 154 Å². The van der Waals surface area contributed by atoms with Gasteiger partial charge in [-0.3, -0.25) is 4.79 Å². The van der Waals surface area contributed by atoms with Crippen LogP contribution in [0.4, 0.5) is 4.39 Å². The van der Waals surface area contributed by atoms with Crippen molar-refractivity contribution in [2.24, 2.45) is 5.14 Å².